The third-order valence-electron chi connectivity index (χ3n) is 2.63. The van der Waals surface area contributed by atoms with Crippen LogP contribution in [0.5, 0.6) is 0 Å². The van der Waals surface area contributed by atoms with Crippen LogP contribution in [-0.2, 0) is 4.79 Å². The Bertz CT molecular complexity index is 720. The SMILES string of the molecule is Cc1nnc(-c2ccc(C=NN=C3NC(=O)CS3)cc2)o1. The fourth-order valence-corrected chi connectivity index (χ4v) is 2.28. The first-order valence-electron chi connectivity index (χ1n) is 6.15. The lowest BCUT2D eigenvalue weighted by molar-refractivity contribution is -0.116. The number of carbonyl (C=O) groups excluding carboxylic acids is 1. The number of rotatable bonds is 3. The third-order valence-corrected chi connectivity index (χ3v) is 3.49. The lowest BCUT2D eigenvalue weighted by Crippen LogP contribution is -2.19. The molecule has 2 heterocycles. The third kappa shape index (κ3) is 3.34. The van der Waals surface area contributed by atoms with Gasteiger partial charge in [-0.15, -0.1) is 15.3 Å². The standard InChI is InChI=1S/C13H11N5O2S/c1-8-16-17-12(20-8)10-4-2-9(3-5-10)6-14-18-13-15-11(19)7-21-13/h2-6H,7H2,1H3,(H,15,18,19). The molecule has 0 saturated carbocycles. The molecule has 7 nitrogen and oxygen atoms in total. The van der Waals surface area contributed by atoms with Crippen LogP contribution in [0, 0.1) is 6.92 Å². The number of amides is 1. The molecule has 1 N–H and O–H groups in total. The van der Waals surface area contributed by atoms with Crippen molar-refractivity contribution in [3.05, 3.63) is 35.7 Å². The molecule has 0 atom stereocenters. The molecule has 0 aliphatic carbocycles. The molecular weight excluding hydrogens is 290 g/mol. The van der Waals surface area contributed by atoms with E-state index in [4.69, 9.17) is 4.42 Å². The van der Waals surface area contributed by atoms with Gasteiger partial charge in [0.25, 0.3) is 0 Å². The quantitative estimate of drug-likeness (QED) is 0.686. The minimum Gasteiger partial charge on any atom is -0.421 e. The van der Waals surface area contributed by atoms with Gasteiger partial charge in [-0.3, -0.25) is 4.79 Å². The second kappa shape index (κ2) is 5.88. The highest BCUT2D eigenvalue weighted by atomic mass is 32.2. The zero-order valence-electron chi connectivity index (χ0n) is 11.1. The van der Waals surface area contributed by atoms with Crippen molar-refractivity contribution in [2.24, 2.45) is 10.2 Å². The molecule has 21 heavy (non-hydrogen) atoms. The number of thioether (sulfide) groups is 1. The maximum Gasteiger partial charge on any atom is 0.247 e. The van der Waals surface area contributed by atoms with Crippen molar-refractivity contribution in [2.45, 2.75) is 6.92 Å². The molecule has 1 saturated heterocycles. The number of nitrogens with zero attached hydrogens (tertiary/aromatic N) is 4. The molecule has 0 bridgehead atoms. The van der Waals surface area contributed by atoms with Crippen LogP contribution in [0.2, 0.25) is 0 Å². The van der Waals surface area contributed by atoms with E-state index < -0.39 is 0 Å². The minimum absolute atomic E-state index is 0.0480. The zero-order valence-corrected chi connectivity index (χ0v) is 11.9. The molecule has 106 valence electrons. The van der Waals surface area contributed by atoms with Crippen molar-refractivity contribution >= 4 is 29.1 Å². The lowest BCUT2D eigenvalue weighted by Gasteiger charge is -1.95. The van der Waals surface area contributed by atoms with Crippen molar-refractivity contribution in [1.82, 2.24) is 15.5 Å². The first-order valence-corrected chi connectivity index (χ1v) is 7.13. The Morgan fingerprint density at radius 2 is 2.14 bits per heavy atom. The Morgan fingerprint density at radius 3 is 2.76 bits per heavy atom. The molecular formula is C13H11N5O2S. The first-order chi connectivity index (χ1) is 10.2. The number of aryl methyl sites for hydroxylation is 1. The predicted octanol–water partition coefficient (Wildman–Crippen LogP) is 1.60. The molecule has 3 rings (SSSR count). The fourth-order valence-electron chi connectivity index (χ4n) is 1.65. The van der Waals surface area contributed by atoms with Gasteiger partial charge >= 0.3 is 0 Å². The zero-order chi connectivity index (χ0) is 14.7. The van der Waals surface area contributed by atoms with E-state index in [1.807, 2.05) is 24.3 Å². The number of nitrogens with one attached hydrogen (secondary N) is 1. The van der Waals surface area contributed by atoms with Gasteiger partial charge in [-0.1, -0.05) is 23.9 Å². The topological polar surface area (TPSA) is 92.7 Å². The summed E-state index contributed by atoms with van der Waals surface area (Å²) in [6, 6.07) is 7.49. The van der Waals surface area contributed by atoms with E-state index in [0.717, 1.165) is 11.1 Å². The van der Waals surface area contributed by atoms with Gasteiger partial charge in [0.2, 0.25) is 17.7 Å². The average Bonchev–Trinajstić information content (AvgIpc) is 3.09. The predicted molar refractivity (Wildman–Crippen MR) is 80.1 cm³/mol. The Balaban J connectivity index is 1.68. The fraction of sp³-hybridized carbons (Fsp3) is 0.154. The van der Waals surface area contributed by atoms with E-state index in [1.165, 1.54) is 11.8 Å². The summed E-state index contributed by atoms with van der Waals surface area (Å²) in [5.74, 6) is 1.36. The van der Waals surface area contributed by atoms with Crippen LogP contribution in [0.15, 0.2) is 38.9 Å². The van der Waals surface area contributed by atoms with Crippen LogP contribution in [0.3, 0.4) is 0 Å². The summed E-state index contributed by atoms with van der Waals surface area (Å²) < 4.78 is 5.35. The summed E-state index contributed by atoms with van der Waals surface area (Å²) in [6.45, 7) is 1.75. The van der Waals surface area contributed by atoms with Gasteiger partial charge in [0.05, 0.1) is 12.0 Å². The monoisotopic (exact) mass is 301 g/mol. The van der Waals surface area contributed by atoms with Gasteiger partial charge < -0.3 is 9.73 Å². The van der Waals surface area contributed by atoms with Gasteiger partial charge in [-0.25, -0.2) is 0 Å². The first kappa shape index (κ1) is 13.5. The van der Waals surface area contributed by atoms with Crippen molar-refractivity contribution in [2.75, 3.05) is 5.75 Å². The highest BCUT2D eigenvalue weighted by Crippen LogP contribution is 2.17. The van der Waals surface area contributed by atoms with Crippen molar-refractivity contribution in [3.8, 4) is 11.5 Å². The summed E-state index contributed by atoms with van der Waals surface area (Å²) in [4.78, 5) is 11.0. The van der Waals surface area contributed by atoms with Crippen molar-refractivity contribution < 1.29 is 9.21 Å². The number of aromatic nitrogens is 2. The maximum absolute atomic E-state index is 11.0. The number of carbonyl (C=O) groups is 1. The smallest absolute Gasteiger partial charge is 0.247 e. The van der Waals surface area contributed by atoms with E-state index in [1.54, 1.807) is 13.1 Å². The summed E-state index contributed by atoms with van der Waals surface area (Å²) >= 11 is 1.34. The van der Waals surface area contributed by atoms with E-state index in [0.29, 0.717) is 22.7 Å². The van der Waals surface area contributed by atoms with Gasteiger partial charge in [-0.05, 0) is 17.7 Å². The number of hydrogen-bond acceptors (Lipinski definition) is 7. The molecule has 1 aromatic carbocycles. The largest absolute Gasteiger partial charge is 0.421 e. The molecule has 0 unspecified atom stereocenters. The van der Waals surface area contributed by atoms with E-state index in [-0.39, 0.29) is 5.91 Å². The summed E-state index contributed by atoms with van der Waals surface area (Å²) in [5.41, 5.74) is 1.73. The molecule has 1 fully saturated rings. The van der Waals surface area contributed by atoms with Crippen LogP contribution in [0.4, 0.5) is 0 Å². The lowest BCUT2D eigenvalue weighted by atomic mass is 10.1. The maximum atomic E-state index is 11.0. The number of amidine groups is 1. The second-order valence-corrected chi connectivity index (χ2v) is 5.20. The summed E-state index contributed by atoms with van der Waals surface area (Å²) in [7, 11) is 0. The van der Waals surface area contributed by atoms with Gasteiger partial charge in [0.1, 0.15) is 0 Å². The molecule has 1 aliphatic rings. The minimum atomic E-state index is -0.0480. The Kier molecular flexibility index (Phi) is 3.78. The number of hydrogen-bond donors (Lipinski definition) is 1. The Hall–Kier alpha value is -2.48. The van der Waals surface area contributed by atoms with E-state index >= 15 is 0 Å². The second-order valence-electron chi connectivity index (χ2n) is 4.23. The molecule has 1 aromatic heterocycles. The van der Waals surface area contributed by atoms with Crippen LogP contribution in [0.25, 0.3) is 11.5 Å². The summed E-state index contributed by atoms with van der Waals surface area (Å²) in [5, 5.41) is 18.7. The highest BCUT2D eigenvalue weighted by molar-refractivity contribution is 8.15. The van der Waals surface area contributed by atoms with Crippen molar-refractivity contribution in [1.29, 1.82) is 0 Å². The van der Waals surface area contributed by atoms with Crippen LogP contribution in [0.1, 0.15) is 11.5 Å². The van der Waals surface area contributed by atoms with E-state index in [2.05, 4.69) is 25.7 Å². The molecule has 2 aromatic rings. The normalized spacial score (nSPS) is 16.8. The molecule has 0 radical (unpaired) electrons. The van der Waals surface area contributed by atoms with Gasteiger partial charge in [0, 0.05) is 12.5 Å². The molecule has 1 aliphatic heterocycles. The Morgan fingerprint density at radius 1 is 1.33 bits per heavy atom. The van der Waals surface area contributed by atoms with E-state index in [9.17, 15) is 4.79 Å². The van der Waals surface area contributed by atoms with Crippen molar-refractivity contribution in [3.63, 3.8) is 0 Å². The average molecular weight is 301 g/mol. The van der Waals surface area contributed by atoms with Gasteiger partial charge in [0.15, 0.2) is 5.17 Å². The van der Waals surface area contributed by atoms with Crippen LogP contribution >= 0.6 is 11.8 Å². The van der Waals surface area contributed by atoms with Crippen LogP contribution in [-0.4, -0.2) is 33.2 Å². The van der Waals surface area contributed by atoms with Gasteiger partial charge in [-0.2, -0.15) is 5.10 Å². The Labute approximate surface area is 124 Å². The molecule has 1 amide bonds. The number of benzene rings is 1. The highest BCUT2D eigenvalue weighted by Gasteiger charge is 2.15. The summed E-state index contributed by atoms with van der Waals surface area (Å²) in [6.07, 6.45) is 1.61. The van der Waals surface area contributed by atoms with Crippen LogP contribution < -0.4 is 5.32 Å². The molecule has 0 spiro atoms. The molecule has 8 heteroatoms.